The first kappa shape index (κ1) is 14.4. The molecule has 0 aliphatic rings. The van der Waals surface area contributed by atoms with Gasteiger partial charge in [0, 0.05) is 12.2 Å². The van der Waals surface area contributed by atoms with Gasteiger partial charge in [-0.25, -0.2) is 0 Å². The maximum atomic E-state index is 12.1. The minimum absolute atomic E-state index is 0.0585. The Morgan fingerprint density at radius 3 is 2.45 bits per heavy atom. The first-order valence-electron chi connectivity index (χ1n) is 5.81. The van der Waals surface area contributed by atoms with E-state index in [2.05, 4.69) is 10.1 Å². The van der Waals surface area contributed by atoms with Crippen LogP contribution in [0.15, 0.2) is 42.5 Å². The molecule has 0 fully saturated rings. The molecular formula is C14H12ClF2NO2. The van der Waals surface area contributed by atoms with Crippen LogP contribution in [0.3, 0.4) is 0 Å². The number of hydrogen-bond acceptors (Lipinski definition) is 3. The van der Waals surface area contributed by atoms with Gasteiger partial charge in [0.1, 0.15) is 11.5 Å². The zero-order valence-electron chi connectivity index (χ0n) is 10.3. The lowest BCUT2D eigenvalue weighted by Gasteiger charge is -2.10. The molecule has 2 rings (SSSR count). The molecular weight excluding hydrogens is 288 g/mol. The number of benzene rings is 2. The maximum Gasteiger partial charge on any atom is 0.387 e. The summed E-state index contributed by atoms with van der Waals surface area (Å²) in [7, 11) is 0. The predicted molar refractivity (Wildman–Crippen MR) is 73.5 cm³/mol. The molecule has 2 aromatic carbocycles. The highest BCUT2D eigenvalue weighted by molar-refractivity contribution is 6.32. The van der Waals surface area contributed by atoms with Gasteiger partial charge in [0.05, 0.1) is 5.02 Å². The van der Waals surface area contributed by atoms with Crippen LogP contribution < -0.4 is 10.1 Å². The second-order valence-electron chi connectivity index (χ2n) is 4.04. The lowest BCUT2D eigenvalue weighted by molar-refractivity contribution is -0.0497. The third-order valence-corrected chi connectivity index (χ3v) is 2.88. The monoisotopic (exact) mass is 299 g/mol. The molecule has 0 heterocycles. The molecule has 6 heteroatoms. The molecule has 3 nitrogen and oxygen atoms in total. The van der Waals surface area contributed by atoms with E-state index in [-0.39, 0.29) is 16.5 Å². The van der Waals surface area contributed by atoms with Crippen LogP contribution in [0.25, 0.3) is 0 Å². The summed E-state index contributed by atoms with van der Waals surface area (Å²) < 4.78 is 28.4. The third kappa shape index (κ3) is 3.99. The number of halogens is 3. The van der Waals surface area contributed by atoms with E-state index in [1.54, 1.807) is 30.3 Å². The molecule has 0 aliphatic carbocycles. The fraction of sp³-hybridized carbons (Fsp3) is 0.143. The summed E-state index contributed by atoms with van der Waals surface area (Å²) in [5, 5.41) is 12.4. The molecule has 0 amide bonds. The van der Waals surface area contributed by atoms with Gasteiger partial charge >= 0.3 is 6.61 Å². The Morgan fingerprint density at radius 2 is 1.85 bits per heavy atom. The van der Waals surface area contributed by atoms with Crippen molar-refractivity contribution in [1.29, 1.82) is 0 Å². The fourth-order valence-corrected chi connectivity index (χ4v) is 1.85. The quantitative estimate of drug-likeness (QED) is 0.867. The van der Waals surface area contributed by atoms with Crippen molar-refractivity contribution in [3.63, 3.8) is 0 Å². The standard InChI is InChI=1S/C14H12ClF2NO2/c15-12-7-10(3-6-13(12)20-14(16)17)18-8-9-1-4-11(19)5-2-9/h1-7,14,18-19H,8H2. The lowest BCUT2D eigenvalue weighted by atomic mass is 10.2. The fourth-order valence-electron chi connectivity index (χ4n) is 1.62. The summed E-state index contributed by atoms with van der Waals surface area (Å²) in [4.78, 5) is 0. The van der Waals surface area contributed by atoms with Crippen LogP contribution in [0.4, 0.5) is 14.5 Å². The van der Waals surface area contributed by atoms with E-state index in [0.717, 1.165) is 5.56 Å². The minimum Gasteiger partial charge on any atom is -0.508 e. The predicted octanol–water partition coefficient (Wildman–Crippen LogP) is 4.26. The molecule has 2 N–H and O–H groups in total. The summed E-state index contributed by atoms with van der Waals surface area (Å²) in [6.07, 6.45) is 0. The molecule has 2 aromatic rings. The summed E-state index contributed by atoms with van der Waals surface area (Å²) >= 11 is 5.84. The van der Waals surface area contributed by atoms with Crippen LogP contribution in [0.5, 0.6) is 11.5 Å². The molecule has 0 spiro atoms. The van der Waals surface area contributed by atoms with Crippen molar-refractivity contribution in [2.24, 2.45) is 0 Å². The van der Waals surface area contributed by atoms with Crippen LogP contribution in [0.1, 0.15) is 5.56 Å². The van der Waals surface area contributed by atoms with Crippen LogP contribution in [0, 0.1) is 0 Å². The number of hydrogen-bond donors (Lipinski definition) is 2. The average molecular weight is 300 g/mol. The Bertz CT molecular complexity index is 576. The molecule has 20 heavy (non-hydrogen) atoms. The topological polar surface area (TPSA) is 41.5 Å². The smallest absolute Gasteiger partial charge is 0.387 e. The van der Waals surface area contributed by atoms with Crippen molar-refractivity contribution < 1.29 is 18.6 Å². The highest BCUT2D eigenvalue weighted by Crippen LogP contribution is 2.29. The van der Waals surface area contributed by atoms with Crippen LogP contribution in [-0.2, 0) is 6.54 Å². The molecule has 0 aliphatic heterocycles. The highest BCUT2D eigenvalue weighted by atomic mass is 35.5. The normalized spacial score (nSPS) is 10.6. The van der Waals surface area contributed by atoms with Gasteiger partial charge in [0.15, 0.2) is 0 Å². The number of nitrogens with one attached hydrogen (secondary N) is 1. The largest absolute Gasteiger partial charge is 0.508 e. The Hall–Kier alpha value is -2.01. The van der Waals surface area contributed by atoms with Gasteiger partial charge in [-0.3, -0.25) is 0 Å². The minimum atomic E-state index is -2.90. The number of ether oxygens (including phenoxy) is 1. The zero-order chi connectivity index (χ0) is 14.5. The van der Waals surface area contributed by atoms with E-state index in [0.29, 0.717) is 12.2 Å². The average Bonchev–Trinajstić information content (AvgIpc) is 2.40. The number of rotatable bonds is 5. The van der Waals surface area contributed by atoms with Crippen molar-refractivity contribution in [2.75, 3.05) is 5.32 Å². The maximum absolute atomic E-state index is 12.1. The van der Waals surface area contributed by atoms with Crippen LogP contribution in [-0.4, -0.2) is 11.7 Å². The van der Waals surface area contributed by atoms with Crippen molar-refractivity contribution in [3.05, 3.63) is 53.1 Å². The summed E-state index contributed by atoms with van der Waals surface area (Å²) in [6.45, 7) is -2.38. The molecule has 0 radical (unpaired) electrons. The van der Waals surface area contributed by atoms with E-state index >= 15 is 0 Å². The lowest BCUT2D eigenvalue weighted by Crippen LogP contribution is -2.03. The van der Waals surface area contributed by atoms with Gasteiger partial charge in [0.2, 0.25) is 0 Å². The Labute approximate surface area is 119 Å². The zero-order valence-corrected chi connectivity index (χ0v) is 11.1. The molecule has 0 unspecified atom stereocenters. The van der Waals surface area contributed by atoms with Crippen molar-refractivity contribution >= 4 is 17.3 Å². The third-order valence-electron chi connectivity index (χ3n) is 2.58. The molecule has 106 valence electrons. The Morgan fingerprint density at radius 1 is 1.15 bits per heavy atom. The SMILES string of the molecule is Oc1ccc(CNc2ccc(OC(F)F)c(Cl)c2)cc1. The molecule has 0 bridgehead atoms. The molecule has 0 atom stereocenters. The molecule has 0 aromatic heterocycles. The number of phenols is 1. The van der Waals surface area contributed by atoms with Gasteiger partial charge in [-0.15, -0.1) is 0 Å². The molecule has 0 saturated carbocycles. The van der Waals surface area contributed by atoms with Gasteiger partial charge in [-0.1, -0.05) is 23.7 Å². The van der Waals surface area contributed by atoms with Gasteiger partial charge in [-0.2, -0.15) is 8.78 Å². The first-order valence-corrected chi connectivity index (χ1v) is 6.18. The van der Waals surface area contributed by atoms with Gasteiger partial charge < -0.3 is 15.2 Å². The second-order valence-corrected chi connectivity index (χ2v) is 4.45. The highest BCUT2D eigenvalue weighted by Gasteiger charge is 2.08. The van der Waals surface area contributed by atoms with E-state index in [1.165, 1.54) is 12.1 Å². The molecule has 0 saturated heterocycles. The summed E-state index contributed by atoms with van der Waals surface area (Å²) in [6, 6.07) is 11.2. The van der Waals surface area contributed by atoms with Gasteiger partial charge in [-0.05, 0) is 35.9 Å². The van der Waals surface area contributed by atoms with E-state index in [9.17, 15) is 8.78 Å². The number of aromatic hydroxyl groups is 1. The first-order chi connectivity index (χ1) is 9.54. The van der Waals surface area contributed by atoms with Crippen LogP contribution >= 0.6 is 11.6 Å². The van der Waals surface area contributed by atoms with Crippen molar-refractivity contribution in [2.45, 2.75) is 13.2 Å². The van der Waals surface area contributed by atoms with E-state index in [1.807, 2.05) is 0 Å². The Kier molecular flexibility index (Phi) is 4.63. The summed E-state index contributed by atoms with van der Waals surface area (Å²) in [5.41, 5.74) is 1.65. The number of anilines is 1. The Balaban J connectivity index is 1.99. The number of phenolic OH excluding ortho intramolecular Hbond substituents is 1. The second kappa shape index (κ2) is 6.43. The van der Waals surface area contributed by atoms with E-state index in [4.69, 9.17) is 16.7 Å². The van der Waals surface area contributed by atoms with Crippen LogP contribution in [0.2, 0.25) is 5.02 Å². The van der Waals surface area contributed by atoms with Gasteiger partial charge in [0.25, 0.3) is 0 Å². The van der Waals surface area contributed by atoms with Crippen molar-refractivity contribution in [1.82, 2.24) is 0 Å². The summed E-state index contributed by atoms with van der Waals surface area (Å²) in [5.74, 6) is 0.141. The number of alkyl halides is 2. The van der Waals surface area contributed by atoms with E-state index < -0.39 is 6.61 Å². The van der Waals surface area contributed by atoms with Crippen molar-refractivity contribution in [3.8, 4) is 11.5 Å².